The van der Waals surface area contributed by atoms with Gasteiger partial charge in [0.05, 0.1) is 11.0 Å². The van der Waals surface area contributed by atoms with E-state index in [1.165, 1.54) is 37.0 Å². The van der Waals surface area contributed by atoms with E-state index in [1.807, 2.05) is 20.8 Å². The van der Waals surface area contributed by atoms with E-state index in [-0.39, 0.29) is 11.3 Å². The molecule has 1 aromatic carbocycles. The van der Waals surface area contributed by atoms with Crippen LogP contribution in [-0.2, 0) is 17.8 Å². The van der Waals surface area contributed by atoms with E-state index in [9.17, 15) is 4.79 Å². The first-order valence-electron chi connectivity index (χ1n) is 10.7. The van der Waals surface area contributed by atoms with Crippen molar-refractivity contribution in [3.8, 4) is 0 Å². The number of nitrogens with one attached hydrogen (secondary N) is 1. The summed E-state index contributed by atoms with van der Waals surface area (Å²) in [5, 5.41) is 3.03. The second-order valence-corrected chi connectivity index (χ2v) is 8.55. The van der Waals surface area contributed by atoms with Crippen LogP contribution < -0.4 is 5.32 Å². The van der Waals surface area contributed by atoms with Gasteiger partial charge < -0.3 is 9.88 Å². The van der Waals surface area contributed by atoms with E-state index in [0.29, 0.717) is 0 Å². The molecule has 0 saturated heterocycles. The molecule has 27 heavy (non-hydrogen) atoms. The number of unbranched alkanes of at least 4 members (excludes halogenated alkanes) is 5. The third-order valence-electron chi connectivity index (χ3n) is 5.01. The van der Waals surface area contributed by atoms with Crippen molar-refractivity contribution < 1.29 is 4.79 Å². The third kappa shape index (κ3) is 6.67. The predicted molar refractivity (Wildman–Crippen MR) is 114 cm³/mol. The molecule has 0 aliphatic heterocycles. The van der Waals surface area contributed by atoms with Crippen molar-refractivity contribution in [1.29, 1.82) is 0 Å². The van der Waals surface area contributed by atoms with Crippen LogP contribution in [0.4, 0.5) is 0 Å². The Hall–Kier alpha value is -1.84. The highest BCUT2D eigenvalue weighted by molar-refractivity contribution is 5.81. The first-order valence-corrected chi connectivity index (χ1v) is 10.7. The summed E-state index contributed by atoms with van der Waals surface area (Å²) < 4.78 is 2.42. The molecular weight excluding hydrogens is 334 g/mol. The molecule has 150 valence electrons. The summed E-state index contributed by atoms with van der Waals surface area (Å²) in [4.78, 5) is 16.8. The first-order chi connectivity index (χ1) is 12.9. The van der Waals surface area contributed by atoms with Gasteiger partial charge in [-0.15, -0.1) is 0 Å². The predicted octanol–water partition coefficient (Wildman–Crippen LogP) is 5.49. The molecule has 1 heterocycles. The molecule has 0 unspecified atom stereocenters. The van der Waals surface area contributed by atoms with Gasteiger partial charge in [-0.2, -0.15) is 0 Å². The van der Waals surface area contributed by atoms with Gasteiger partial charge in [0.1, 0.15) is 5.82 Å². The lowest BCUT2D eigenvalue weighted by Crippen LogP contribution is -2.35. The van der Waals surface area contributed by atoms with Crippen LogP contribution in [0.5, 0.6) is 0 Å². The van der Waals surface area contributed by atoms with Gasteiger partial charge in [0, 0.05) is 24.9 Å². The van der Waals surface area contributed by atoms with Crippen LogP contribution in [0.2, 0.25) is 0 Å². The summed E-state index contributed by atoms with van der Waals surface area (Å²) in [5.74, 6) is 1.35. The summed E-state index contributed by atoms with van der Waals surface area (Å²) in [6.45, 7) is 9.94. The lowest BCUT2D eigenvalue weighted by Gasteiger charge is -2.17. The summed E-state index contributed by atoms with van der Waals surface area (Å²) in [5.41, 5.74) is 2.07. The average molecular weight is 372 g/mol. The molecule has 0 fully saturated rings. The Bertz CT molecular complexity index is 712. The number of aryl methyl sites for hydroxylation is 2. The van der Waals surface area contributed by atoms with Crippen LogP contribution in [0, 0.1) is 5.41 Å². The van der Waals surface area contributed by atoms with Crippen molar-refractivity contribution in [2.24, 2.45) is 5.41 Å². The fourth-order valence-corrected chi connectivity index (χ4v) is 3.31. The molecule has 0 aliphatic carbocycles. The third-order valence-corrected chi connectivity index (χ3v) is 5.01. The normalized spacial score (nSPS) is 11.9. The Kier molecular flexibility index (Phi) is 8.33. The molecule has 4 nitrogen and oxygen atoms in total. The summed E-state index contributed by atoms with van der Waals surface area (Å²) >= 11 is 0. The number of para-hydroxylation sites is 2. The molecule has 0 aliphatic rings. The van der Waals surface area contributed by atoms with Gasteiger partial charge in [0.25, 0.3) is 0 Å². The molecule has 0 saturated carbocycles. The molecule has 0 atom stereocenters. The van der Waals surface area contributed by atoms with Crippen LogP contribution >= 0.6 is 0 Å². The van der Waals surface area contributed by atoms with Crippen molar-refractivity contribution in [3.63, 3.8) is 0 Å². The van der Waals surface area contributed by atoms with E-state index in [4.69, 9.17) is 4.98 Å². The van der Waals surface area contributed by atoms with E-state index < -0.39 is 0 Å². The summed E-state index contributed by atoms with van der Waals surface area (Å²) in [6, 6.07) is 8.48. The number of aromatic nitrogens is 2. The molecule has 1 aromatic heterocycles. The van der Waals surface area contributed by atoms with Crippen LogP contribution in [0.15, 0.2) is 24.3 Å². The second kappa shape index (κ2) is 10.5. The van der Waals surface area contributed by atoms with Gasteiger partial charge in [-0.1, -0.05) is 65.5 Å². The van der Waals surface area contributed by atoms with Gasteiger partial charge in [-0.25, -0.2) is 4.98 Å². The zero-order chi connectivity index (χ0) is 19.7. The number of amides is 1. The molecule has 1 amide bonds. The minimum atomic E-state index is -0.303. The zero-order valence-corrected chi connectivity index (χ0v) is 17.7. The monoisotopic (exact) mass is 371 g/mol. The molecule has 0 radical (unpaired) electrons. The standard InChI is InChI=1S/C23H37N3O/c1-5-6-7-13-18-26-20-15-11-10-14-19(20)25-21(26)16-9-8-12-17-24-22(27)23(2,3)4/h10-11,14-15H,5-9,12-13,16-18H2,1-4H3,(H,24,27). The summed E-state index contributed by atoms with van der Waals surface area (Å²) in [6.07, 6.45) is 9.35. The van der Waals surface area contributed by atoms with Gasteiger partial charge in [0.2, 0.25) is 5.91 Å². The molecule has 0 bridgehead atoms. The molecular formula is C23H37N3O. The highest BCUT2D eigenvalue weighted by atomic mass is 16.2. The lowest BCUT2D eigenvalue weighted by atomic mass is 9.96. The quantitative estimate of drug-likeness (QED) is 0.531. The van der Waals surface area contributed by atoms with Crippen LogP contribution in [0.3, 0.4) is 0 Å². The number of imidazole rings is 1. The lowest BCUT2D eigenvalue weighted by molar-refractivity contribution is -0.128. The maximum atomic E-state index is 11.9. The average Bonchev–Trinajstić information content (AvgIpc) is 2.98. The van der Waals surface area contributed by atoms with Gasteiger partial charge in [-0.3, -0.25) is 4.79 Å². The Morgan fingerprint density at radius 3 is 2.52 bits per heavy atom. The number of carbonyl (C=O) groups excluding carboxylic acids is 1. The fourth-order valence-electron chi connectivity index (χ4n) is 3.31. The number of carbonyl (C=O) groups is 1. The maximum Gasteiger partial charge on any atom is 0.225 e. The number of benzene rings is 1. The largest absolute Gasteiger partial charge is 0.356 e. The van der Waals surface area contributed by atoms with Crippen molar-refractivity contribution >= 4 is 16.9 Å². The van der Waals surface area contributed by atoms with E-state index in [0.717, 1.165) is 44.3 Å². The smallest absolute Gasteiger partial charge is 0.225 e. The van der Waals surface area contributed by atoms with Crippen LogP contribution in [-0.4, -0.2) is 22.0 Å². The Labute approximate surface area is 164 Å². The Morgan fingerprint density at radius 1 is 1.04 bits per heavy atom. The number of hydrogen-bond donors (Lipinski definition) is 1. The van der Waals surface area contributed by atoms with Gasteiger partial charge >= 0.3 is 0 Å². The number of nitrogens with zero attached hydrogens (tertiary/aromatic N) is 2. The van der Waals surface area contributed by atoms with Crippen molar-refractivity contribution in [1.82, 2.24) is 14.9 Å². The Balaban J connectivity index is 1.83. The molecule has 1 N–H and O–H groups in total. The minimum absolute atomic E-state index is 0.136. The molecule has 2 rings (SSSR count). The van der Waals surface area contributed by atoms with Crippen molar-refractivity contribution in [2.75, 3.05) is 6.54 Å². The Morgan fingerprint density at radius 2 is 1.78 bits per heavy atom. The highest BCUT2D eigenvalue weighted by Gasteiger charge is 2.20. The highest BCUT2D eigenvalue weighted by Crippen LogP contribution is 2.19. The van der Waals surface area contributed by atoms with Crippen LogP contribution in [0.25, 0.3) is 11.0 Å². The SMILES string of the molecule is CCCCCCn1c(CCCCCNC(=O)C(C)(C)C)nc2ccccc21. The van der Waals surface area contributed by atoms with Crippen LogP contribution in [0.1, 0.15) is 78.5 Å². The molecule has 2 aromatic rings. The van der Waals surface area contributed by atoms with Crippen molar-refractivity contribution in [3.05, 3.63) is 30.1 Å². The van der Waals surface area contributed by atoms with E-state index >= 15 is 0 Å². The molecule has 0 spiro atoms. The second-order valence-electron chi connectivity index (χ2n) is 8.55. The summed E-state index contributed by atoms with van der Waals surface area (Å²) in [7, 11) is 0. The van der Waals surface area contributed by atoms with Gasteiger partial charge in [-0.05, 0) is 31.4 Å². The van der Waals surface area contributed by atoms with Crippen molar-refractivity contribution in [2.45, 2.75) is 85.6 Å². The number of rotatable bonds is 11. The first kappa shape index (κ1) is 21.5. The minimum Gasteiger partial charge on any atom is -0.356 e. The van der Waals surface area contributed by atoms with E-state index in [2.05, 4.69) is 41.1 Å². The molecule has 4 heteroatoms. The zero-order valence-electron chi connectivity index (χ0n) is 17.7. The topological polar surface area (TPSA) is 46.9 Å². The number of hydrogen-bond acceptors (Lipinski definition) is 2. The maximum absolute atomic E-state index is 11.9. The number of fused-ring (bicyclic) bond motifs is 1. The van der Waals surface area contributed by atoms with Gasteiger partial charge in [0.15, 0.2) is 0 Å². The fraction of sp³-hybridized carbons (Fsp3) is 0.652. The van der Waals surface area contributed by atoms with E-state index in [1.54, 1.807) is 0 Å².